The Morgan fingerprint density at radius 3 is 2.49 bits per heavy atom. The Kier molecular flexibility index (Phi) is 7.88. The van der Waals surface area contributed by atoms with Gasteiger partial charge in [-0.05, 0) is 30.2 Å². The number of nitrogens with one attached hydrogen (secondary N) is 3. The lowest BCUT2D eigenvalue weighted by Gasteiger charge is -2.47. The fraction of sp³-hybridized carbons (Fsp3) is 0.344. The van der Waals surface area contributed by atoms with Crippen LogP contribution in [0.25, 0.3) is 22.4 Å². The van der Waals surface area contributed by atoms with E-state index in [1.165, 1.54) is 11.9 Å². The van der Waals surface area contributed by atoms with Crippen LogP contribution in [0.1, 0.15) is 11.1 Å². The van der Waals surface area contributed by atoms with Crippen molar-refractivity contribution in [2.24, 2.45) is 5.92 Å². The number of hydrogen-bond acceptors (Lipinski definition) is 7. The number of halogens is 1. The lowest BCUT2D eigenvalue weighted by atomic mass is 9.90. The highest BCUT2D eigenvalue weighted by Gasteiger charge is 2.47. The fourth-order valence-corrected chi connectivity index (χ4v) is 6.60. The van der Waals surface area contributed by atoms with Gasteiger partial charge in [-0.1, -0.05) is 48.0 Å². The van der Waals surface area contributed by atoms with Crippen molar-refractivity contribution in [3.8, 4) is 28.3 Å². The van der Waals surface area contributed by atoms with Gasteiger partial charge in [0.05, 0.1) is 23.4 Å². The van der Waals surface area contributed by atoms with Crippen LogP contribution in [0.2, 0.25) is 5.02 Å². The second kappa shape index (κ2) is 11.7. The average Bonchev–Trinajstić information content (AvgIpc) is 3.41. The van der Waals surface area contributed by atoms with Gasteiger partial charge >= 0.3 is 12.1 Å². The van der Waals surface area contributed by atoms with E-state index in [-0.39, 0.29) is 18.1 Å². The summed E-state index contributed by atoms with van der Waals surface area (Å²) in [5.74, 6) is -1.54. The third-order valence-corrected chi connectivity index (χ3v) is 9.12. The SMILES string of the molecule is COc1nc(-c2cccc(-c3cccc(NC(=O)C4CN(C)C(=O)N(C)C4=O)c3C)c2Cl)ccc1CN1CC2(CNC(=O)N2)C1. The number of pyridine rings is 1. The molecule has 3 saturated heterocycles. The number of benzene rings is 2. The Hall–Kier alpha value is -4.68. The predicted molar refractivity (Wildman–Crippen MR) is 169 cm³/mol. The molecule has 1 unspecified atom stereocenters. The molecule has 45 heavy (non-hydrogen) atoms. The smallest absolute Gasteiger partial charge is 0.326 e. The van der Waals surface area contributed by atoms with Crippen molar-refractivity contribution in [2.45, 2.75) is 19.0 Å². The van der Waals surface area contributed by atoms with Gasteiger partial charge in [0.25, 0.3) is 0 Å². The molecule has 1 aromatic heterocycles. The normalized spacial score (nSPS) is 19.3. The number of rotatable bonds is 7. The maximum absolute atomic E-state index is 13.2. The Bertz CT molecular complexity index is 1720. The highest BCUT2D eigenvalue weighted by Crippen LogP contribution is 2.39. The van der Waals surface area contributed by atoms with E-state index >= 15 is 0 Å². The Morgan fingerprint density at radius 2 is 1.78 bits per heavy atom. The van der Waals surface area contributed by atoms with Crippen LogP contribution >= 0.6 is 11.6 Å². The summed E-state index contributed by atoms with van der Waals surface area (Å²) < 4.78 is 5.66. The number of nitrogens with zero attached hydrogens (tertiary/aromatic N) is 4. The Balaban J connectivity index is 1.22. The first kappa shape index (κ1) is 30.4. The summed E-state index contributed by atoms with van der Waals surface area (Å²) in [6.07, 6.45) is 0. The standard InChI is InChI=1S/C32H34ClN7O5/c1-18-20(7-6-10-24(18)35-27(41)23-14-38(2)31(44)39(3)29(23)42)21-8-5-9-22(26(21)33)25-12-11-19(28(36-25)45-4)13-40-16-32(17-40)15-34-30(43)37-32/h5-12,23H,13-17H2,1-4H3,(H,35,41)(H2,34,37,43). The van der Waals surface area contributed by atoms with Crippen LogP contribution < -0.4 is 20.7 Å². The number of amides is 6. The van der Waals surface area contributed by atoms with Gasteiger partial charge in [0.1, 0.15) is 5.92 Å². The van der Waals surface area contributed by atoms with Crippen LogP contribution in [0.15, 0.2) is 48.5 Å². The summed E-state index contributed by atoms with van der Waals surface area (Å²) in [5.41, 5.74) is 4.97. The second-order valence-electron chi connectivity index (χ2n) is 11.8. The number of carbonyl (C=O) groups is 4. The third kappa shape index (κ3) is 5.55. The van der Waals surface area contributed by atoms with Gasteiger partial charge in [0.15, 0.2) is 0 Å². The molecule has 0 aliphatic carbocycles. The zero-order valence-electron chi connectivity index (χ0n) is 25.4. The first-order valence-corrected chi connectivity index (χ1v) is 14.9. The van der Waals surface area contributed by atoms with Crippen molar-refractivity contribution in [1.29, 1.82) is 0 Å². The number of ether oxygens (including phenoxy) is 1. The first-order chi connectivity index (χ1) is 21.5. The molecule has 3 aromatic rings. The number of anilines is 1. The molecule has 4 heterocycles. The van der Waals surface area contributed by atoms with Crippen LogP contribution in [0, 0.1) is 12.8 Å². The molecule has 12 nitrogen and oxygen atoms in total. The van der Waals surface area contributed by atoms with Crippen molar-refractivity contribution < 1.29 is 23.9 Å². The van der Waals surface area contributed by atoms with E-state index in [0.29, 0.717) is 35.4 Å². The highest BCUT2D eigenvalue weighted by atomic mass is 35.5. The molecule has 2 aromatic carbocycles. The van der Waals surface area contributed by atoms with E-state index in [0.717, 1.165) is 45.8 Å². The fourth-order valence-electron chi connectivity index (χ4n) is 6.28. The summed E-state index contributed by atoms with van der Waals surface area (Å²) >= 11 is 7.02. The van der Waals surface area contributed by atoms with Gasteiger partial charge in [-0.3, -0.25) is 19.4 Å². The molecule has 234 valence electrons. The number of carbonyl (C=O) groups excluding carboxylic acids is 4. The number of likely N-dealkylation sites (tertiary alicyclic amines) is 1. The molecule has 6 amide bonds. The van der Waals surface area contributed by atoms with Crippen molar-refractivity contribution in [1.82, 2.24) is 30.3 Å². The molecular formula is C32H34ClN7O5. The molecule has 3 fully saturated rings. The monoisotopic (exact) mass is 631 g/mol. The number of hydrogen-bond donors (Lipinski definition) is 3. The number of methoxy groups -OCH3 is 1. The zero-order valence-corrected chi connectivity index (χ0v) is 26.2. The molecule has 3 aliphatic heterocycles. The maximum atomic E-state index is 13.2. The minimum atomic E-state index is -1.01. The van der Waals surface area contributed by atoms with Crippen molar-refractivity contribution >= 4 is 41.2 Å². The van der Waals surface area contributed by atoms with E-state index in [1.807, 2.05) is 49.4 Å². The molecule has 0 bridgehead atoms. The molecule has 13 heteroatoms. The quantitative estimate of drug-likeness (QED) is 0.340. The van der Waals surface area contributed by atoms with Gasteiger partial charge in [0, 0.05) is 69.2 Å². The summed E-state index contributed by atoms with van der Waals surface area (Å²) in [4.78, 5) is 58.9. The van der Waals surface area contributed by atoms with E-state index in [4.69, 9.17) is 21.3 Å². The molecule has 1 spiro atoms. The first-order valence-electron chi connectivity index (χ1n) is 14.5. The Morgan fingerprint density at radius 1 is 1.07 bits per heavy atom. The van der Waals surface area contributed by atoms with Gasteiger partial charge in [-0.25, -0.2) is 14.6 Å². The molecule has 0 saturated carbocycles. The molecule has 3 aliphatic rings. The molecule has 3 N–H and O–H groups in total. The van der Waals surface area contributed by atoms with Crippen molar-refractivity contribution in [3.63, 3.8) is 0 Å². The van der Waals surface area contributed by atoms with E-state index in [1.54, 1.807) is 20.2 Å². The van der Waals surface area contributed by atoms with Crippen LogP contribution in [0.3, 0.4) is 0 Å². The summed E-state index contributed by atoms with van der Waals surface area (Å²) in [7, 11) is 4.52. The Labute approximate surface area is 265 Å². The predicted octanol–water partition coefficient (Wildman–Crippen LogP) is 3.33. The molecule has 1 atom stereocenters. The number of aromatic nitrogens is 1. The zero-order chi connectivity index (χ0) is 32.0. The van der Waals surface area contributed by atoms with Crippen LogP contribution in [0.4, 0.5) is 15.3 Å². The van der Waals surface area contributed by atoms with Gasteiger partial charge < -0.3 is 25.6 Å². The molecule has 0 radical (unpaired) electrons. The molecular weight excluding hydrogens is 598 g/mol. The van der Waals surface area contributed by atoms with Crippen molar-refractivity contribution in [3.05, 3.63) is 64.7 Å². The lowest BCUT2D eigenvalue weighted by molar-refractivity contribution is -0.140. The molecule has 6 rings (SSSR count). The lowest BCUT2D eigenvalue weighted by Crippen LogP contribution is -2.68. The summed E-state index contributed by atoms with van der Waals surface area (Å²) in [6, 6.07) is 14.5. The van der Waals surface area contributed by atoms with Crippen molar-refractivity contribution in [2.75, 3.05) is 52.7 Å². The topological polar surface area (TPSA) is 136 Å². The minimum Gasteiger partial charge on any atom is -0.481 e. The van der Waals surface area contributed by atoms with Gasteiger partial charge in [-0.15, -0.1) is 0 Å². The largest absolute Gasteiger partial charge is 0.481 e. The second-order valence-corrected chi connectivity index (χ2v) is 12.2. The van der Waals surface area contributed by atoms with Gasteiger partial charge in [0.2, 0.25) is 17.7 Å². The number of imide groups is 1. The minimum absolute atomic E-state index is 0.00418. The van der Waals surface area contributed by atoms with E-state index < -0.39 is 23.8 Å². The highest BCUT2D eigenvalue weighted by molar-refractivity contribution is 6.36. The third-order valence-electron chi connectivity index (χ3n) is 8.72. The van der Waals surface area contributed by atoms with E-state index in [9.17, 15) is 19.2 Å². The number of urea groups is 2. The van der Waals surface area contributed by atoms with E-state index in [2.05, 4.69) is 20.9 Å². The summed E-state index contributed by atoms with van der Waals surface area (Å²) in [6.45, 7) is 4.63. The average molecular weight is 632 g/mol. The van der Waals surface area contributed by atoms with Crippen LogP contribution in [0.5, 0.6) is 5.88 Å². The van der Waals surface area contributed by atoms with Crippen LogP contribution in [-0.2, 0) is 16.1 Å². The van der Waals surface area contributed by atoms with Crippen LogP contribution in [-0.4, -0.2) is 96.5 Å². The maximum Gasteiger partial charge on any atom is 0.326 e. The van der Waals surface area contributed by atoms with Gasteiger partial charge in [-0.2, -0.15) is 0 Å². The summed E-state index contributed by atoms with van der Waals surface area (Å²) in [5, 5.41) is 9.21.